The Morgan fingerprint density at radius 3 is 2.67 bits per heavy atom. The minimum absolute atomic E-state index is 0.718. The van der Waals surface area contributed by atoms with Gasteiger partial charge in [-0.3, -0.25) is 0 Å². The van der Waals surface area contributed by atoms with Crippen LogP contribution < -0.4 is 10.1 Å². The highest BCUT2D eigenvalue weighted by Crippen LogP contribution is 2.12. The van der Waals surface area contributed by atoms with E-state index >= 15 is 0 Å². The lowest BCUT2D eigenvalue weighted by molar-refractivity contribution is 0.340. The zero-order chi connectivity index (χ0) is 13.2. The third-order valence-electron chi connectivity index (χ3n) is 2.95. The summed E-state index contributed by atoms with van der Waals surface area (Å²) in [5.74, 6) is 1.66. The Morgan fingerprint density at radius 2 is 2.06 bits per heavy atom. The Labute approximate surface area is 111 Å². The van der Waals surface area contributed by atoms with Crippen LogP contribution in [-0.2, 0) is 6.54 Å². The summed E-state index contributed by atoms with van der Waals surface area (Å²) < 4.78 is 5.42. The smallest absolute Gasteiger partial charge is 0.119 e. The van der Waals surface area contributed by atoms with Gasteiger partial charge in [-0.1, -0.05) is 25.1 Å². The highest BCUT2D eigenvalue weighted by molar-refractivity contribution is 5.27. The van der Waals surface area contributed by atoms with E-state index in [1.807, 2.05) is 25.1 Å². The highest BCUT2D eigenvalue weighted by Gasteiger charge is 1.99. The molecule has 1 aromatic carbocycles. The van der Waals surface area contributed by atoms with Crippen LogP contribution in [0.4, 0.5) is 0 Å². The maximum Gasteiger partial charge on any atom is 0.119 e. The third kappa shape index (κ3) is 5.87. The monoisotopic (exact) mass is 247 g/mol. The van der Waals surface area contributed by atoms with Crippen molar-refractivity contribution in [3.05, 3.63) is 42.5 Å². The minimum Gasteiger partial charge on any atom is -0.494 e. The zero-order valence-corrected chi connectivity index (χ0v) is 11.6. The number of allylic oxidation sites excluding steroid dienone is 1. The van der Waals surface area contributed by atoms with Crippen LogP contribution in [0.25, 0.3) is 0 Å². The van der Waals surface area contributed by atoms with E-state index in [9.17, 15) is 0 Å². The first kappa shape index (κ1) is 14.8. The van der Waals surface area contributed by atoms with E-state index < -0.39 is 0 Å². The predicted molar refractivity (Wildman–Crippen MR) is 77.9 cm³/mol. The summed E-state index contributed by atoms with van der Waals surface area (Å²) in [6, 6.07) is 8.29. The van der Waals surface area contributed by atoms with Crippen LogP contribution >= 0.6 is 0 Å². The molecule has 2 heteroatoms. The van der Waals surface area contributed by atoms with Crippen LogP contribution in [0.3, 0.4) is 0 Å². The third-order valence-corrected chi connectivity index (χ3v) is 2.95. The molecule has 1 aromatic rings. The fourth-order valence-corrected chi connectivity index (χ4v) is 1.85. The molecule has 0 heterocycles. The molecule has 0 spiro atoms. The van der Waals surface area contributed by atoms with E-state index in [-0.39, 0.29) is 0 Å². The van der Waals surface area contributed by atoms with Crippen molar-refractivity contribution in [1.82, 2.24) is 5.32 Å². The Kier molecular flexibility index (Phi) is 7.19. The summed E-state index contributed by atoms with van der Waals surface area (Å²) in [6.07, 6.45) is 4.30. The van der Waals surface area contributed by atoms with E-state index in [0.717, 1.165) is 37.8 Å². The molecule has 1 atom stereocenters. The van der Waals surface area contributed by atoms with E-state index in [1.165, 1.54) is 12.0 Å². The van der Waals surface area contributed by atoms with Crippen LogP contribution in [-0.4, -0.2) is 13.2 Å². The Hall–Kier alpha value is -1.28. The predicted octanol–water partition coefficient (Wildman–Crippen LogP) is 3.78. The normalized spacial score (nSPS) is 12.1. The molecule has 1 N–H and O–H groups in total. The number of ether oxygens (including phenoxy) is 1. The second-order valence-electron chi connectivity index (χ2n) is 4.67. The Bertz CT molecular complexity index is 331. The summed E-state index contributed by atoms with van der Waals surface area (Å²) in [7, 11) is 0. The first-order valence-corrected chi connectivity index (χ1v) is 6.79. The largest absolute Gasteiger partial charge is 0.494 e. The van der Waals surface area contributed by atoms with Gasteiger partial charge in [0.15, 0.2) is 0 Å². The van der Waals surface area contributed by atoms with Crippen molar-refractivity contribution in [1.29, 1.82) is 0 Å². The fraction of sp³-hybridized carbons (Fsp3) is 0.500. The molecule has 0 saturated carbocycles. The van der Waals surface area contributed by atoms with Crippen molar-refractivity contribution in [2.24, 2.45) is 5.92 Å². The number of benzene rings is 1. The minimum atomic E-state index is 0.718. The summed E-state index contributed by atoms with van der Waals surface area (Å²) >= 11 is 0. The first-order chi connectivity index (χ1) is 8.76. The molecule has 0 saturated heterocycles. The highest BCUT2D eigenvalue weighted by atomic mass is 16.5. The van der Waals surface area contributed by atoms with E-state index in [4.69, 9.17) is 4.74 Å². The maximum atomic E-state index is 5.42. The van der Waals surface area contributed by atoms with Crippen molar-refractivity contribution in [2.45, 2.75) is 33.2 Å². The molecule has 0 aromatic heterocycles. The summed E-state index contributed by atoms with van der Waals surface area (Å²) in [5.41, 5.74) is 1.30. The number of hydrogen-bond donors (Lipinski definition) is 1. The van der Waals surface area contributed by atoms with Gasteiger partial charge in [0.25, 0.3) is 0 Å². The number of rotatable bonds is 9. The average Bonchev–Trinajstić information content (AvgIpc) is 2.37. The van der Waals surface area contributed by atoms with Crippen molar-refractivity contribution in [3.8, 4) is 5.75 Å². The van der Waals surface area contributed by atoms with Crippen LogP contribution in [0.2, 0.25) is 0 Å². The van der Waals surface area contributed by atoms with Crippen molar-refractivity contribution >= 4 is 0 Å². The number of nitrogens with one attached hydrogen (secondary N) is 1. The molecule has 1 rings (SSSR count). The molecule has 0 aliphatic heterocycles. The molecular formula is C16H25NO. The lowest BCUT2D eigenvalue weighted by atomic mass is 10.0. The van der Waals surface area contributed by atoms with Crippen LogP contribution in [0.5, 0.6) is 5.75 Å². The van der Waals surface area contributed by atoms with E-state index in [1.54, 1.807) is 0 Å². The second-order valence-corrected chi connectivity index (χ2v) is 4.67. The molecule has 0 amide bonds. The number of hydrogen-bond acceptors (Lipinski definition) is 2. The van der Waals surface area contributed by atoms with Gasteiger partial charge in [0.05, 0.1) is 6.61 Å². The molecule has 100 valence electrons. The van der Waals surface area contributed by atoms with Gasteiger partial charge >= 0.3 is 0 Å². The summed E-state index contributed by atoms with van der Waals surface area (Å²) in [5, 5.41) is 3.47. The van der Waals surface area contributed by atoms with Gasteiger partial charge in [0.1, 0.15) is 5.75 Å². The van der Waals surface area contributed by atoms with Gasteiger partial charge in [-0.2, -0.15) is 0 Å². The molecule has 0 bridgehead atoms. The molecular weight excluding hydrogens is 222 g/mol. The van der Waals surface area contributed by atoms with Gasteiger partial charge in [0.2, 0.25) is 0 Å². The molecule has 2 nitrogen and oxygen atoms in total. The lowest BCUT2D eigenvalue weighted by Crippen LogP contribution is -2.16. The van der Waals surface area contributed by atoms with Crippen molar-refractivity contribution in [2.75, 3.05) is 13.2 Å². The van der Waals surface area contributed by atoms with Crippen molar-refractivity contribution < 1.29 is 4.74 Å². The van der Waals surface area contributed by atoms with Gasteiger partial charge < -0.3 is 10.1 Å². The van der Waals surface area contributed by atoms with Gasteiger partial charge in [-0.15, -0.1) is 6.58 Å². The van der Waals surface area contributed by atoms with Gasteiger partial charge in [-0.05, 0) is 49.9 Å². The van der Waals surface area contributed by atoms with Crippen LogP contribution in [0.1, 0.15) is 32.3 Å². The molecule has 0 aliphatic rings. The quantitative estimate of drug-likeness (QED) is 0.529. The average molecular weight is 247 g/mol. The van der Waals surface area contributed by atoms with Crippen LogP contribution in [0.15, 0.2) is 36.9 Å². The Morgan fingerprint density at radius 1 is 1.33 bits per heavy atom. The van der Waals surface area contributed by atoms with Crippen LogP contribution in [0, 0.1) is 5.92 Å². The standard InChI is InChI=1S/C16H25NO/c1-4-6-14(3)11-12-17-13-15-7-9-16(10-8-15)18-5-2/h4,7-10,14,17H,1,5-6,11-13H2,2-3H3. The topological polar surface area (TPSA) is 21.3 Å². The molecule has 0 fully saturated rings. The molecule has 18 heavy (non-hydrogen) atoms. The summed E-state index contributed by atoms with van der Waals surface area (Å²) in [4.78, 5) is 0. The Balaban J connectivity index is 2.20. The zero-order valence-electron chi connectivity index (χ0n) is 11.6. The van der Waals surface area contributed by atoms with E-state index in [0.29, 0.717) is 0 Å². The summed E-state index contributed by atoms with van der Waals surface area (Å²) in [6.45, 7) is 10.7. The van der Waals surface area contributed by atoms with Crippen molar-refractivity contribution in [3.63, 3.8) is 0 Å². The SMILES string of the molecule is C=CCC(C)CCNCc1ccc(OCC)cc1. The lowest BCUT2D eigenvalue weighted by Gasteiger charge is -2.10. The molecule has 0 radical (unpaired) electrons. The maximum absolute atomic E-state index is 5.42. The van der Waals surface area contributed by atoms with Gasteiger partial charge in [0, 0.05) is 6.54 Å². The molecule has 1 unspecified atom stereocenters. The first-order valence-electron chi connectivity index (χ1n) is 6.79. The van der Waals surface area contributed by atoms with Gasteiger partial charge in [-0.25, -0.2) is 0 Å². The second kappa shape index (κ2) is 8.76. The fourth-order valence-electron chi connectivity index (χ4n) is 1.85. The van der Waals surface area contributed by atoms with E-state index in [2.05, 4.69) is 31.0 Å². The molecule has 0 aliphatic carbocycles.